The molecule has 1 atom stereocenters. The molecule has 0 aromatic carbocycles. The minimum Gasteiger partial charge on any atom is -0.467 e. The van der Waals surface area contributed by atoms with E-state index in [1.54, 1.807) is 23.3 Å². The summed E-state index contributed by atoms with van der Waals surface area (Å²) in [6, 6.07) is 3.13. The second-order valence-electron chi connectivity index (χ2n) is 4.45. The Balaban J connectivity index is 1.81. The summed E-state index contributed by atoms with van der Waals surface area (Å²) in [6.07, 6.45) is 1.56. The lowest BCUT2D eigenvalue weighted by Gasteiger charge is -2.33. The summed E-state index contributed by atoms with van der Waals surface area (Å²) in [5, 5.41) is 5.83. The van der Waals surface area contributed by atoms with E-state index in [0.29, 0.717) is 25.4 Å². The van der Waals surface area contributed by atoms with Gasteiger partial charge in [0.1, 0.15) is 11.8 Å². The number of nitrogens with zero attached hydrogens (tertiary/aromatic N) is 1. The van der Waals surface area contributed by atoms with E-state index in [1.807, 2.05) is 0 Å². The molecule has 7 nitrogen and oxygen atoms in total. The van der Waals surface area contributed by atoms with Crippen LogP contribution >= 0.6 is 0 Å². The fourth-order valence-electron chi connectivity index (χ4n) is 2.06. The van der Waals surface area contributed by atoms with Gasteiger partial charge in [-0.3, -0.25) is 14.5 Å². The van der Waals surface area contributed by atoms with Crippen molar-refractivity contribution < 1.29 is 14.0 Å². The number of primary amides is 1. The van der Waals surface area contributed by atoms with E-state index >= 15 is 0 Å². The van der Waals surface area contributed by atoms with E-state index in [0.717, 1.165) is 6.54 Å². The Labute approximate surface area is 111 Å². The molecule has 19 heavy (non-hydrogen) atoms. The number of nitrogens with one attached hydrogen (secondary N) is 2. The van der Waals surface area contributed by atoms with Crippen LogP contribution in [0.15, 0.2) is 22.8 Å². The van der Waals surface area contributed by atoms with Crippen LogP contribution in [0.4, 0.5) is 0 Å². The van der Waals surface area contributed by atoms with Crippen LogP contribution in [0.2, 0.25) is 0 Å². The minimum atomic E-state index is -0.428. The molecule has 2 amide bonds. The summed E-state index contributed by atoms with van der Waals surface area (Å²) in [6.45, 7) is 2.37. The fourth-order valence-corrected chi connectivity index (χ4v) is 2.06. The molecule has 0 radical (unpaired) electrons. The molecule has 1 aromatic rings. The summed E-state index contributed by atoms with van der Waals surface area (Å²) in [5.74, 6) is 0.135. The molecule has 4 N–H and O–H groups in total. The zero-order valence-electron chi connectivity index (χ0n) is 10.6. The van der Waals surface area contributed by atoms with Crippen LogP contribution < -0.4 is 16.4 Å². The molecule has 1 aromatic heterocycles. The first kappa shape index (κ1) is 13.6. The van der Waals surface area contributed by atoms with Crippen molar-refractivity contribution in [3.05, 3.63) is 24.2 Å². The van der Waals surface area contributed by atoms with Crippen molar-refractivity contribution in [2.75, 3.05) is 26.2 Å². The molecule has 1 aliphatic heterocycles. The van der Waals surface area contributed by atoms with E-state index in [2.05, 4.69) is 10.6 Å². The highest BCUT2D eigenvalue weighted by Crippen LogP contribution is 2.03. The molecule has 1 saturated heterocycles. The first-order chi connectivity index (χ1) is 9.16. The number of hydrogen-bond acceptors (Lipinski definition) is 5. The summed E-state index contributed by atoms with van der Waals surface area (Å²) in [5.41, 5.74) is 5.32. The van der Waals surface area contributed by atoms with Gasteiger partial charge >= 0.3 is 0 Å². The van der Waals surface area contributed by atoms with Crippen molar-refractivity contribution >= 4 is 11.8 Å². The third kappa shape index (κ3) is 3.80. The number of rotatable bonds is 5. The highest BCUT2D eigenvalue weighted by Gasteiger charge is 2.27. The molecule has 7 heteroatoms. The van der Waals surface area contributed by atoms with E-state index in [9.17, 15) is 9.59 Å². The number of amides is 2. The van der Waals surface area contributed by atoms with Crippen LogP contribution in [0.3, 0.4) is 0 Å². The zero-order valence-corrected chi connectivity index (χ0v) is 10.6. The molecule has 0 bridgehead atoms. The minimum absolute atomic E-state index is 0.149. The summed E-state index contributed by atoms with van der Waals surface area (Å²) < 4.78 is 5.12. The Morgan fingerprint density at radius 3 is 3.11 bits per heavy atom. The molecule has 0 saturated carbocycles. The van der Waals surface area contributed by atoms with Gasteiger partial charge < -0.3 is 20.8 Å². The van der Waals surface area contributed by atoms with Crippen LogP contribution in [0.5, 0.6) is 0 Å². The van der Waals surface area contributed by atoms with Crippen molar-refractivity contribution in [3.8, 4) is 0 Å². The van der Waals surface area contributed by atoms with Crippen molar-refractivity contribution in [2.45, 2.75) is 12.6 Å². The lowest BCUT2D eigenvalue weighted by Crippen LogP contribution is -2.58. The summed E-state index contributed by atoms with van der Waals surface area (Å²) in [7, 11) is 0. The lowest BCUT2D eigenvalue weighted by molar-refractivity contribution is -0.127. The maximum Gasteiger partial charge on any atom is 0.236 e. The summed E-state index contributed by atoms with van der Waals surface area (Å²) in [4.78, 5) is 24.9. The molecule has 1 aliphatic rings. The number of piperazine rings is 1. The van der Waals surface area contributed by atoms with Crippen molar-refractivity contribution in [2.24, 2.45) is 5.73 Å². The van der Waals surface area contributed by atoms with Gasteiger partial charge in [-0.1, -0.05) is 0 Å². The maximum absolute atomic E-state index is 11.8. The molecule has 2 heterocycles. The standard InChI is InChI=1S/C12H18N4O3/c13-12(18)10-7-14-3-4-16(10)8-11(17)15-6-9-2-1-5-19-9/h1-2,5,10,14H,3-4,6-8H2,(H2,13,18)(H,15,17). The van der Waals surface area contributed by atoms with E-state index in [-0.39, 0.29) is 12.5 Å². The Hall–Kier alpha value is -1.86. The number of furan rings is 1. The Kier molecular flexibility index (Phi) is 4.53. The van der Waals surface area contributed by atoms with Gasteiger partial charge in [0.2, 0.25) is 11.8 Å². The number of hydrogen-bond donors (Lipinski definition) is 3. The zero-order chi connectivity index (χ0) is 13.7. The Morgan fingerprint density at radius 2 is 2.42 bits per heavy atom. The van der Waals surface area contributed by atoms with Crippen LogP contribution in [0.25, 0.3) is 0 Å². The quantitative estimate of drug-likeness (QED) is 0.612. The summed E-state index contributed by atoms with van der Waals surface area (Å²) >= 11 is 0. The SMILES string of the molecule is NC(=O)C1CNCCN1CC(=O)NCc1ccco1. The second-order valence-corrected chi connectivity index (χ2v) is 4.45. The van der Waals surface area contributed by atoms with Crippen molar-refractivity contribution in [3.63, 3.8) is 0 Å². The van der Waals surface area contributed by atoms with Crippen LogP contribution in [-0.4, -0.2) is 48.9 Å². The highest BCUT2D eigenvalue weighted by atomic mass is 16.3. The average Bonchev–Trinajstić information content (AvgIpc) is 2.90. The molecular weight excluding hydrogens is 248 g/mol. The first-order valence-corrected chi connectivity index (χ1v) is 6.20. The largest absolute Gasteiger partial charge is 0.467 e. The average molecular weight is 266 g/mol. The first-order valence-electron chi connectivity index (χ1n) is 6.20. The number of carbonyl (C=O) groups is 2. The topological polar surface area (TPSA) is 101 Å². The van der Waals surface area contributed by atoms with Crippen LogP contribution in [0.1, 0.15) is 5.76 Å². The second kappa shape index (κ2) is 6.35. The number of nitrogens with two attached hydrogens (primary N) is 1. The normalized spacial score (nSPS) is 20.1. The predicted molar refractivity (Wildman–Crippen MR) is 68.0 cm³/mol. The van der Waals surface area contributed by atoms with Gasteiger partial charge in [0.15, 0.2) is 0 Å². The highest BCUT2D eigenvalue weighted by molar-refractivity contribution is 5.82. The molecule has 2 rings (SSSR count). The monoisotopic (exact) mass is 266 g/mol. The molecular formula is C12H18N4O3. The molecule has 1 fully saturated rings. The molecule has 1 unspecified atom stereocenters. The van der Waals surface area contributed by atoms with E-state index < -0.39 is 11.9 Å². The third-order valence-electron chi connectivity index (χ3n) is 3.07. The maximum atomic E-state index is 11.8. The molecule has 104 valence electrons. The van der Waals surface area contributed by atoms with Crippen molar-refractivity contribution in [1.29, 1.82) is 0 Å². The van der Waals surface area contributed by atoms with Crippen LogP contribution in [-0.2, 0) is 16.1 Å². The van der Waals surface area contributed by atoms with Gasteiger partial charge in [0, 0.05) is 19.6 Å². The van der Waals surface area contributed by atoms with Gasteiger partial charge in [-0.15, -0.1) is 0 Å². The van der Waals surface area contributed by atoms with Gasteiger partial charge in [0.05, 0.1) is 19.4 Å². The lowest BCUT2D eigenvalue weighted by atomic mass is 10.2. The molecule has 0 aliphatic carbocycles. The van der Waals surface area contributed by atoms with Crippen LogP contribution in [0, 0.1) is 0 Å². The molecule has 0 spiro atoms. The van der Waals surface area contributed by atoms with Gasteiger partial charge in [-0.2, -0.15) is 0 Å². The Bertz CT molecular complexity index is 432. The van der Waals surface area contributed by atoms with Gasteiger partial charge in [-0.25, -0.2) is 0 Å². The number of carbonyl (C=O) groups excluding carboxylic acids is 2. The van der Waals surface area contributed by atoms with Gasteiger partial charge in [0.25, 0.3) is 0 Å². The predicted octanol–water partition coefficient (Wildman–Crippen LogP) is -1.35. The van der Waals surface area contributed by atoms with Crippen molar-refractivity contribution in [1.82, 2.24) is 15.5 Å². The fraction of sp³-hybridized carbons (Fsp3) is 0.500. The Morgan fingerprint density at radius 1 is 1.58 bits per heavy atom. The van der Waals surface area contributed by atoms with E-state index in [4.69, 9.17) is 10.2 Å². The van der Waals surface area contributed by atoms with Gasteiger partial charge in [-0.05, 0) is 12.1 Å². The smallest absolute Gasteiger partial charge is 0.236 e. The van der Waals surface area contributed by atoms with E-state index in [1.165, 1.54) is 0 Å². The third-order valence-corrected chi connectivity index (χ3v) is 3.07.